The first-order valence-electron chi connectivity index (χ1n) is 10.1. The Morgan fingerprint density at radius 2 is 1.80 bits per heavy atom. The van der Waals surface area contributed by atoms with Gasteiger partial charge in [0.1, 0.15) is 0 Å². The van der Waals surface area contributed by atoms with E-state index in [1.165, 1.54) is 22.2 Å². The van der Waals surface area contributed by atoms with Gasteiger partial charge in [0.05, 0.1) is 16.7 Å². The van der Waals surface area contributed by atoms with Crippen molar-refractivity contribution in [2.75, 3.05) is 12.3 Å². The first-order chi connectivity index (χ1) is 14.6. The molecule has 7 heteroatoms. The van der Waals surface area contributed by atoms with Crippen LogP contribution in [0.1, 0.15) is 24.8 Å². The number of nitrogens with zero attached hydrogens (tertiary/aromatic N) is 3. The van der Waals surface area contributed by atoms with Crippen LogP contribution in [0, 0.1) is 0 Å². The van der Waals surface area contributed by atoms with Crippen LogP contribution in [0.25, 0.3) is 10.9 Å². The SMILES string of the molecule is O=C1CCCN1C(=O)CSc1nc2ccccc2c(=O)n1CCCc1ccccc1. The summed E-state index contributed by atoms with van der Waals surface area (Å²) in [7, 11) is 0. The minimum absolute atomic E-state index is 0.0925. The van der Waals surface area contributed by atoms with Gasteiger partial charge >= 0.3 is 0 Å². The van der Waals surface area contributed by atoms with Crippen molar-refractivity contribution in [2.24, 2.45) is 0 Å². The van der Waals surface area contributed by atoms with E-state index >= 15 is 0 Å². The Kier molecular flexibility index (Phi) is 6.28. The third-order valence-electron chi connectivity index (χ3n) is 5.22. The van der Waals surface area contributed by atoms with Gasteiger partial charge in [-0.2, -0.15) is 0 Å². The molecule has 0 saturated carbocycles. The number of hydrogen-bond acceptors (Lipinski definition) is 5. The van der Waals surface area contributed by atoms with Crippen molar-refractivity contribution in [1.82, 2.24) is 14.5 Å². The number of amides is 2. The monoisotopic (exact) mass is 421 g/mol. The summed E-state index contributed by atoms with van der Waals surface area (Å²) in [6.07, 6.45) is 2.78. The number of thioether (sulfide) groups is 1. The Morgan fingerprint density at radius 1 is 1.03 bits per heavy atom. The molecule has 0 aliphatic carbocycles. The van der Waals surface area contributed by atoms with Gasteiger partial charge in [-0.1, -0.05) is 54.2 Å². The predicted octanol–water partition coefficient (Wildman–Crippen LogP) is 3.27. The molecule has 30 heavy (non-hydrogen) atoms. The third kappa shape index (κ3) is 4.46. The number of fused-ring (bicyclic) bond motifs is 1. The van der Waals surface area contributed by atoms with Gasteiger partial charge in [0.2, 0.25) is 11.8 Å². The number of carbonyl (C=O) groups excluding carboxylic acids is 2. The van der Waals surface area contributed by atoms with Gasteiger partial charge < -0.3 is 0 Å². The third-order valence-corrected chi connectivity index (χ3v) is 6.18. The molecule has 1 aliphatic heterocycles. The smallest absolute Gasteiger partial charge is 0.262 e. The molecule has 0 atom stereocenters. The Balaban J connectivity index is 1.55. The first-order valence-corrected chi connectivity index (χ1v) is 11.1. The Hall–Kier alpha value is -2.93. The highest BCUT2D eigenvalue weighted by molar-refractivity contribution is 7.99. The van der Waals surface area contributed by atoms with Crippen LogP contribution in [0.3, 0.4) is 0 Å². The molecule has 0 N–H and O–H groups in total. The normalized spacial score (nSPS) is 13.9. The van der Waals surface area contributed by atoms with Crippen molar-refractivity contribution in [3.05, 3.63) is 70.5 Å². The molecule has 0 bridgehead atoms. The minimum atomic E-state index is -0.222. The second-order valence-corrected chi connectivity index (χ2v) is 8.23. The highest BCUT2D eigenvalue weighted by atomic mass is 32.2. The largest absolute Gasteiger partial charge is 0.287 e. The van der Waals surface area contributed by atoms with E-state index in [0.29, 0.717) is 42.0 Å². The van der Waals surface area contributed by atoms with Crippen LogP contribution in [-0.4, -0.2) is 38.6 Å². The number of imide groups is 1. The van der Waals surface area contributed by atoms with Crippen LogP contribution in [0.2, 0.25) is 0 Å². The molecule has 2 aromatic carbocycles. The molecule has 1 fully saturated rings. The molecule has 1 aliphatic rings. The molecule has 3 aromatic rings. The molecule has 1 aromatic heterocycles. The number of para-hydroxylation sites is 1. The highest BCUT2D eigenvalue weighted by Gasteiger charge is 2.26. The summed E-state index contributed by atoms with van der Waals surface area (Å²) < 4.78 is 1.66. The summed E-state index contributed by atoms with van der Waals surface area (Å²) in [4.78, 5) is 43.3. The summed E-state index contributed by atoms with van der Waals surface area (Å²) in [5.41, 5.74) is 1.74. The fourth-order valence-electron chi connectivity index (χ4n) is 3.66. The molecule has 4 rings (SSSR count). The highest BCUT2D eigenvalue weighted by Crippen LogP contribution is 2.20. The van der Waals surface area contributed by atoms with Crippen molar-refractivity contribution < 1.29 is 9.59 Å². The zero-order chi connectivity index (χ0) is 20.9. The van der Waals surface area contributed by atoms with Crippen LogP contribution in [0.15, 0.2) is 64.5 Å². The van der Waals surface area contributed by atoms with Gasteiger partial charge in [-0.3, -0.25) is 23.9 Å². The molecule has 0 unspecified atom stereocenters. The fraction of sp³-hybridized carbons (Fsp3) is 0.304. The number of carbonyl (C=O) groups is 2. The number of aromatic nitrogens is 2. The molecular weight excluding hydrogens is 398 g/mol. The fourth-order valence-corrected chi connectivity index (χ4v) is 4.56. The molecule has 2 amide bonds. The maximum absolute atomic E-state index is 13.1. The van der Waals surface area contributed by atoms with Gasteiger partial charge in [-0.25, -0.2) is 4.98 Å². The lowest BCUT2D eigenvalue weighted by Crippen LogP contribution is -2.33. The van der Waals surface area contributed by atoms with Crippen LogP contribution in [-0.2, 0) is 22.6 Å². The van der Waals surface area contributed by atoms with E-state index in [1.807, 2.05) is 30.3 Å². The van der Waals surface area contributed by atoms with Crippen molar-refractivity contribution in [1.29, 1.82) is 0 Å². The van der Waals surface area contributed by atoms with E-state index in [4.69, 9.17) is 0 Å². The van der Waals surface area contributed by atoms with Crippen LogP contribution in [0.5, 0.6) is 0 Å². The van der Waals surface area contributed by atoms with Crippen LogP contribution >= 0.6 is 11.8 Å². The lowest BCUT2D eigenvalue weighted by molar-refractivity contribution is -0.140. The zero-order valence-corrected chi connectivity index (χ0v) is 17.4. The summed E-state index contributed by atoms with van der Waals surface area (Å²) >= 11 is 1.23. The molecule has 6 nitrogen and oxygen atoms in total. The van der Waals surface area contributed by atoms with E-state index in [2.05, 4.69) is 17.1 Å². The summed E-state index contributed by atoms with van der Waals surface area (Å²) in [5.74, 6) is -0.247. The van der Waals surface area contributed by atoms with Gasteiger partial charge in [-0.15, -0.1) is 0 Å². The van der Waals surface area contributed by atoms with Gasteiger partial charge in [0.25, 0.3) is 5.56 Å². The number of likely N-dealkylation sites (tertiary alicyclic amines) is 1. The van der Waals surface area contributed by atoms with E-state index < -0.39 is 0 Å². The van der Waals surface area contributed by atoms with E-state index in [0.717, 1.165) is 12.8 Å². The Labute approximate surface area is 178 Å². The lowest BCUT2D eigenvalue weighted by Gasteiger charge is -2.15. The van der Waals surface area contributed by atoms with E-state index in [9.17, 15) is 14.4 Å². The number of aryl methyl sites for hydroxylation is 1. The maximum atomic E-state index is 13.1. The van der Waals surface area contributed by atoms with Gasteiger partial charge in [0, 0.05) is 19.5 Å². The van der Waals surface area contributed by atoms with Crippen molar-refractivity contribution in [2.45, 2.75) is 37.4 Å². The lowest BCUT2D eigenvalue weighted by atomic mass is 10.1. The zero-order valence-electron chi connectivity index (χ0n) is 16.6. The van der Waals surface area contributed by atoms with Crippen molar-refractivity contribution >= 4 is 34.5 Å². The maximum Gasteiger partial charge on any atom is 0.262 e. The second-order valence-electron chi connectivity index (χ2n) is 7.29. The molecule has 154 valence electrons. The summed E-state index contributed by atoms with van der Waals surface area (Å²) in [6.45, 7) is 0.998. The van der Waals surface area contributed by atoms with Gasteiger partial charge in [0.15, 0.2) is 5.16 Å². The predicted molar refractivity (Wildman–Crippen MR) is 117 cm³/mol. The molecular formula is C23H23N3O3S. The first kappa shape index (κ1) is 20.3. The molecule has 0 spiro atoms. The van der Waals surface area contributed by atoms with E-state index in [1.54, 1.807) is 16.7 Å². The molecule has 1 saturated heterocycles. The minimum Gasteiger partial charge on any atom is -0.287 e. The van der Waals surface area contributed by atoms with Crippen molar-refractivity contribution in [3.63, 3.8) is 0 Å². The van der Waals surface area contributed by atoms with Gasteiger partial charge in [-0.05, 0) is 37.0 Å². The topological polar surface area (TPSA) is 72.3 Å². The number of rotatable bonds is 7. The Bertz CT molecular complexity index is 1130. The second kappa shape index (κ2) is 9.26. The van der Waals surface area contributed by atoms with E-state index in [-0.39, 0.29) is 23.1 Å². The average Bonchev–Trinajstić information content (AvgIpc) is 3.20. The number of benzene rings is 2. The average molecular weight is 422 g/mol. The summed E-state index contributed by atoms with van der Waals surface area (Å²) in [5, 5.41) is 1.09. The van der Waals surface area contributed by atoms with Crippen LogP contribution < -0.4 is 5.56 Å². The standard InChI is InChI=1S/C23H23N3O3S/c27-20-13-7-14-25(20)21(28)16-30-23-24-19-12-5-4-11-18(19)22(29)26(23)15-6-10-17-8-2-1-3-9-17/h1-5,8-9,11-12H,6-7,10,13-16H2. The van der Waals surface area contributed by atoms with Crippen LogP contribution in [0.4, 0.5) is 0 Å². The molecule has 0 radical (unpaired) electrons. The quantitative estimate of drug-likeness (QED) is 0.432. The van der Waals surface area contributed by atoms with Crippen molar-refractivity contribution in [3.8, 4) is 0 Å². The summed E-state index contributed by atoms with van der Waals surface area (Å²) in [6, 6.07) is 17.4. The number of hydrogen-bond donors (Lipinski definition) is 0. The molecule has 2 heterocycles. The Morgan fingerprint density at radius 3 is 2.57 bits per heavy atom.